The van der Waals surface area contributed by atoms with Crippen molar-refractivity contribution in [3.63, 3.8) is 0 Å². The number of allylic oxidation sites excluding steroid dienone is 1. The Labute approximate surface area is 121 Å². The molecule has 0 bridgehead atoms. The summed E-state index contributed by atoms with van der Waals surface area (Å²) >= 11 is 0. The number of hydrogen-bond donors (Lipinski definition) is 0. The molecule has 2 heterocycles. The molecule has 5 heteroatoms. The summed E-state index contributed by atoms with van der Waals surface area (Å²) in [7, 11) is 1.56. The zero-order chi connectivity index (χ0) is 14.7. The van der Waals surface area contributed by atoms with Gasteiger partial charge in [-0.05, 0) is 35.9 Å². The average Bonchev–Trinajstić information content (AvgIpc) is 3.01. The number of nitrogens with zero attached hydrogens (tertiary/aromatic N) is 1. The molecule has 0 saturated carbocycles. The molecule has 0 spiro atoms. The first-order valence-electron chi connectivity index (χ1n) is 6.38. The van der Waals surface area contributed by atoms with Crippen LogP contribution in [0.15, 0.2) is 42.7 Å². The maximum atomic E-state index is 12.0. The Morgan fingerprint density at radius 1 is 1.38 bits per heavy atom. The average molecular weight is 283 g/mol. The second-order valence-corrected chi connectivity index (χ2v) is 4.40. The molecule has 0 radical (unpaired) electrons. The minimum atomic E-state index is -0.111. The second kappa shape index (κ2) is 5.66. The van der Waals surface area contributed by atoms with Crippen molar-refractivity contribution in [2.45, 2.75) is 0 Å². The van der Waals surface area contributed by atoms with E-state index in [-0.39, 0.29) is 12.6 Å². The van der Waals surface area contributed by atoms with Gasteiger partial charge >= 0.3 is 0 Å². The van der Waals surface area contributed by atoms with Crippen LogP contribution < -0.4 is 14.2 Å². The number of benzene rings is 1. The number of carbonyl (C=O) groups excluding carboxylic acids is 1. The van der Waals surface area contributed by atoms with Gasteiger partial charge in [0.1, 0.15) is 0 Å². The van der Waals surface area contributed by atoms with Crippen molar-refractivity contribution in [1.29, 1.82) is 0 Å². The fourth-order valence-corrected chi connectivity index (χ4v) is 2.02. The number of ketones is 1. The third-order valence-corrected chi connectivity index (χ3v) is 3.05. The van der Waals surface area contributed by atoms with Gasteiger partial charge in [0.25, 0.3) is 0 Å². The lowest BCUT2D eigenvalue weighted by atomic mass is 10.1. The highest BCUT2D eigenvalue weighted by atomic mass is 16.7. The van der Waals surface area contributed by atoms with Crippen LogP contribution in [-0.2, 0) is 0 Å². The van der Waals surface area contributed by atoms with Crippen molar-refractivity contribution in [2.24, 2.45) is 0 Å². The van der Waals surface area contributed by atoms with Crippen LogP contribution in [0.4, 0.5) is 0 Å². The summed E-state index contributed by atoms with van der Waals surface area (Å²) < 4.78 is 15.9. The summed E-state index contributed by atoms with van der Waals surface area (Å²) in [6.45, 7) is 0.174. The quantitative estimate of drug-likeness (QED) is 0.638. The number of aromatic nitrogens is 1. The number of fused-ring (bicyclic) bond motifs is 1. The van der Waals surface area contributed by atoms with E-state index in [1.165, 1.54) is 12.3 Å². The summed E-state index contributed by atoms with van der Waals surface area (Å²) in [5.41, 5.74) is 1.34. The van der Waals surface area contributed by atoms with Crippen molar-refractivity contribution in [1.82, 2.24) is 4.98 Å². The molecule has 2 aromatic rings. The summed E-state index contributed by atoms with van der Waals surface area (Å²) in [5, 5.41) is 0. The first kappa shape index (κ1) is 13.2. The zero-order valence-corrected chi connectivity index (χ0v) is 11.4. The maximum Gasteiger partial charge on any atom is 0.231 e. The van der Waals surface area contributed by atoms with Crippen LogP contribution in [-0.4, -0.2) is 24.7 Å². The van der Waals surface area contributed by atoms with Gasteiger partial charge in [-0.25, -0.2) is 0 Å². The molecule has 0 N–H and O–H groups in total. The molecule has 0 aliphatic carbocycles. The SMILES string of the molecule is COc1cc(/C=C/C(=O)c2cccnc2)cc2c1OCO2. The molecule has 0 atom stereocenters. The number of rotatable bonds is 4. The minimum absolute atomic E-state index is 0.111. The smallest absolute Gasteiger partial charge is 0.231 e. The summed E-state index contributed by atoms with van der Waals surface area (Å²) in [6.07, 6.45) is 6.36. The third-order valence-electron chi connectivity index (χ3n) is 3.05. The summed E-state index contributed by atoms with van der Waals surface area (Å²) in [6, 6.07) is 7.04. The molecule has 0 unspecified atom stereocenters. The van der Waals surface area contributed by atoms with Crippen LogP contribution in [0.3, 0.4) is 0 Å². The van der Waals surface area contributed by atoms with Gasteiger partial charge in [0, 0.05) is 18.0 Å². The lowest BCUT2D eigenvalue weighted by molar-refractivity contribution is 0.104. The van der Waals surface area contributed by atoms with Crippen LogP contribution in [0.5, 0.6) is 17.2 Å². The molecule has 1 aliphatic rings. The van der Waals surface area contributed by atoms with Gasteiger partial charge in [0.15, 0.2) is 17.3 Å². The molecule has 5 nitrogen and oxygen atoms in total. The topological polar surface area (TPSA) is 57.7 Å². The normalized spacial score (nSPS) is 12.6. The van der Waals surface area contributed by atoms with Crippen molar-refractivity contribution in [2.75, 3.05) is 13.9 Å². The fraction of sp³-hybridized carbons (Fsp3) is 0.125. The van der Waals surface area contributed by atoms with Gasteiger partial charge in [0.05, 0.1) is 7.11 Å². The van der Waals surface area contributed by atoms with Gasteiger partial charge in [-0.15, -0.1) is 0 Å². The van der Waals surface area contributed by atoms with E-state index in [4.69, 9.17) is 14.2 Å². The largest absolute Gasteiger partial charge is 0.493 e. The highest BCUT2D eigenvalue weighted by molar-refractivity contribution is 6.06. The predicted octanol–water partition coefficient (Wildman–Crippen LogP) is 2.72. The number of carbonyl (C=O) groups is 1. The van der Waals surface area contributed by atoms with E-state index in [0.29, 0.717) is 22.8 Å². The van der Waals surface area contributed by atoms with Crippen molar-refractivity contribution >= 4 is 11.9 Å². The highest BCUT2D eigenvalue weighted by Crippen LogP contribution is 2.42. The molecule has 1 aliphatic heterocycles. The maximum absolute atomic E-state index is 12.0. The van der Waals surface area contributed by atoms with Crippen molar-refractivity contribution in [3.05, 3.63) is 53.9 Å². The molecular formula is C16H13NO4. The molecule has 0 saturated heterocycles. The molecular weight excluding hydrogens is 270 g/mol. The Balaban J connectivity index is 1.85. The monoisotopic (exact) mass is 283 g/mol. The fourth-order valence-electron chi connectivity index (χ4n) is 2.02. The van der Waals surface area contributed by atoms with E-state index in [0.717, 1.165) is 5.56 Å². The molecule has 0 fully saturated rings. The van der Waals surface area contributed by atoms with Crippen LogP contribution in [0.25, 0.3) is 6.08 Å². The molecule has 106 valence electrons. The Morgan fingerprint density at radius 3 is 3.05 bits per heavy atom. The van der Waals surface area contributed by atoms with Gasteiger partial charge < -0.3 is 14.2 Å². The summed E-state index contributed by atoms with van der Waals surface area (Å²) in [5.74, 6) is 1.68. The Bertz CT molecular complexity index is 695. The molecule has 21 heavy (non-hydrogen) atoms. The highest BCUT2D eigenvalue weighted by Gasteiger charge is 2.19. The molecule has 3 rings (SSSR count). The van der Waals surface area contributed by atoms with Crippen LogP contribution >= 0.6 is 0 Å². The second-order valence-electron chi connectivity index (χ2n) is 4.40. The van der Waals surface area contributed by atoms with Crippen LogP contribution in [0.2, 0.25) is 0 Å². The van der Waals surface area contributed by atoms with Gasteiger partial charge in [-0.1, -0.05) is 6.08 Å². The number of ether oxygens (including phenoxy) is 3. The zero-order valence-electron chi connectivity index (χ0n) is 11.4. The predicted molar refractivity (Wildman–Crippen MR) is 76.7 cm³/mol. The van der Waals surface area contributed by atoms with Gasteiger partial charge in [-0.3, -0.25) is 9.78 Å². The Morgan fingerprint density at radius 2 is 2.29 bits per heavy atom. The lowest BCUT2D eigenvalue weighted by Gasteiger charge is -2.05. The first-order valence-corrected chi connectivity index (χ1v) is 6.38. The summed E-state index contributed by atoms with van der Waals surface area (Å²) in [4.78, 5) is 15.9. The first-order chi connectivity index (χ1) is 10.3. The minimum Gasteiger partial charge on any atom is -0.493 e. The van der Waals surface area contributed by atoms with Crippen molar-refractivity contribution in [3.8, 4) is 17.2 Å². The van der Waals surface area contributed by atoms with E-state index in [1.54, 1.807) is 43.6 Å². The number of methoxy groups -OCH3 is 1. The van der Waals surface area contributed by atoms with Gasteiger partial charge in [-0.2, -0.15) is 0 Å². The van der Waals surface area contributed by atoms with Crippen LogP contribution in [0.1, 0.15) is 15.9 Å². The van der Waals surface area contributed by atoms with E-state index >= 15 is 0 Å². The Kier molecular flexibility index (Phi) is 3.55. The van der Waals surface area contributed by atoms with E-state index in [9.17, 15) is 4.79 Å². The standard InChI is InChI=1S/C16H13NO4/c1-19-14-7-11(8-15-16(14)21-10-20-15)4-5-13(18)12-3-2-6-17-9-12/h2-9H,10H2,1H3/b5-4+. The van der Waals surface area contributed by atoms with E-state index in [1.807, 2.05) is 0 Å². The van der Waals surface area contributed by atoms with Crippen LogP contribution in [0, 0.1) is 0 Å². The molecule has 1 aromatic carbocycles. The third kappa shape index (κ3) is 2.72. The molecule has 0 amide bonds. The Hall–Kier alpha value is -2.82. The lowest BCUT2D eigenvalue weighted by Crippen LogP contribution is -1.94. The van der Waals surface area contributed by atoms with E-state index < -0.39 is 0 Å². The molecule has 1 aromatic heterocycles. The van der Waals surface area contributed by atoms with E-state index in [2.05, 4.69) is 4.98 Å². The van der Waals surface area contributed by atoms with Gasteiger partial charge in [0.2, 0.25) is 12.5 Å². The number of hydrogen-bond acceptors (Lipinski definition) is 5. The number of pyridine rings is 1. The van der Waals surface area contributed by atoms with Crippen molar-refractivity contribution < 1.29 is 19.0 Å².